The third-order valence-corrected chi connectivity index (χ3v) is 6.49. The fourth-order valence-corrected chi connectivity index (χ4v) is 4.30. The van der Waals surface area contributed by atoms with E-state index < -0.39 is 44.8 Å². The van der Waals surface area contributed by atoms with Crippen LogP contribution in [-0.2, 0) is 19.6 Å². The lowest BCUT2D eigenvalue weighted by Gasteiger charge is -2.21. The molecule has 3 aliphatic rings. The van der Waals surface area contributed by atoms with Gasteiger partial charge in [0.1, 0.15) is 5.54 Å². The van der Waals surface area contributed by atoms with Crippen LogP contribution in [0.3, 0.4) is 0 Å². The van der Waals surface area contributed by atoms with E-state index in [-0.39, 0.29) is 12.3 Å². The van der Waals surface area contributed by atoms with Gasteiger partial charge in [-0.25, -0.2) is 8.42 Å². The number of β-amino-alcohol motifs (C(OH)–C–C–N with tert-alkyl or cyclic N) is 1. The Hall–Kier alpha value is -1.45. The Kier molecular flexibility index (Phi) is 3.97. The summed E-state index contributed by atoms with van der Waals surface area (Å²) in [6, 6.07) is -0.583. The first-order valence-corrected chi connectivity index (χ1v) is 9.25. The Balaban J connectivity index is 1.68. The van der Waals surface area contributed by atoms with Gasteiger partial charge in [0.15, 0.2) is 0 Å². The van der Waals surface area contributed by atoms with Crippen LogP contribution in [-0.4, -0.2) is 54.8 Å². The van der Waals surface area contributed by atoms with Gasteiger partial charge in [0, 0.05) is 12.5 Å². The maximum absolute atomic E-state index is 12.4. The molecule has 0 aromatic rings. The van der Waals surface area contributed by atoms with Gasteiger partial charge in [-0.3, -0.25) is 14.3 Å². The molecule has 1 saturated heterocycles. The van der Waals surface area contributed by atoms with Gasteiger partial charge >= 0.3 is 0 Å². The average Bonchev–Trinajstić information content (AvgIpc) is 3.37. The predicted molar refractivity (Wildman–Crippen MR) is 81.7 cm³/mol. The number of rotatable bonds is 6. The molecule has 4 unspecified atom stereocenters. The van der Waals surface area contributed by atoms with E-state index in [4.69, 9.17) is 0 Å². The Labute approximate surface area is 134 Å². The largest absolute Gasteiger partial charge is 0.392 e. The first-order valence-electron chi connectivity index (χ1n) is 7.70. The molecule has 4 N–H and O–H groups in total. The highest BCUT2D eigenvalue weighted by Crippen LogP contribution is 2.45. The van der Waals surface area contributed by atoms with Gasteiger partial charge in [0.25, 0.3) is 5.91 Å². The molecule has 0 aromatic heterocycles. The number of aliphatic hydroxyl groups is 1. The predicted octanol–water partition coefficient (Wildman–Crippen LogP) is -1.62. The van der Waals surface area contributed by atoms with Gasteiger partial charge < -0.3 is 15.7 Å². The smallest absolute Gasteiger partial charge is 0.259 e. The lowest BCUT2D eigenvalue weighted by Crippen LogP contribution is -2.55. The van der Waals surface area contributed by atoms with Crippen molar-refractivity contribution in [3.63, 3.8) is 0 Å². The van der Waals surface area contributed by atoms with E-state index in [2.05, 4.69) is 21.9 Å². The van der Waals surface area contributed by atoms with E-state index in [1.54, 1.807) is 6.08 Å². The number of nitrogens with one attached hydrogen (secondary N) is 3. The highest BCUT2D eigenvalue weighted by atomic mass is 32.2. The minimum Gasteiger partial charge on any atom is -0.392 e. The Morgan fingerprint density at radius 1 is 1.35 bits per heavy atom. The van der Waals surface area contributed by atoms with Gasteiger partial charge in [-0.2, -0.15) is 0 Å². The summed E-state index contributed by atoms with van der Waals surface area (Å²) in [4.78, 5) is 24.7. The molecule has 128 valence electrons. The lowest BCUT2D eigenvalue weighted by atomic mass is 10.1. The molecule has 3 rings (SSSR count). The molecule has 4 atom stereocenters. The number of carbonyl (C=O) groups excluding carboxylic acids is 2. The highest BCUT2D eigenvalue weighted by Gasteiger charge is 2.61. The molecule has 2 amide bonds. The van der Waals surface area contributed by atoms with E-state index in [1.807, 2.05) is 0 Å². The number of sulfonamides is 1. The molecule has 1 aliphatic heterocycles. The van der Waals surface area contributed by atoms with Crippen molar-refractivity contribution in [3.05, 3.63) is 12.7 Å². The lowest BCUT2D eigenvalue weighted by molar-refractivity contribution is -0.130. The third-order valence-electron chi connectivity index (χ3n) is 4.67. The molecular weight excluding hydrogens is 322 g/mol. The minimum atomic E-state index is -3.67. The fourth-order valence-electron chi connectivity index (χ4n) is 2.94. The maximum Gasteiger partial charge on any atom is 0.259 e. The summed E-state index contributed by atoms with van der Waals surface area (Å²) in [5, 5.41) is 14.5. The zero-order chi connectivity index (χ0) is 16.8. The monoisotopic (exact) mass is 343 g/mol. The average molecular weight is 343 g/mol. The summed E-state index contributed by atoms with van der Waals surface area (Å²) in [5.74, 6) is -1.42. The van der Waals surface area contributed by atoms with Gasteiger partial charge in [0.05, 0.1) is 17.4 Å². The SMILES string of the molecule is C=CC1CC1(NC(=O)C1CC(O)CN1)C(=O)NS(=O)(=O)C1CC1. The van der Waals surface area contributed by atoms with Crippen LogP contribution in [0.5, 0.6) is 0 Å². The molecular formula is C14H21N3O5S. The molecule has 8 nitrogen and oxygen atoms in total. The Morgan fingerprint density at radius 3 is 2.52 bits per heavy atom. The van der Waals surface area contributed by atoms with Gasteiger partial charge in [-0.1, -0.05) is 6.08 Å². The Bertz CT molecular complexity index is 645. The van der Waals surface area contributed by atoms with Crippen LogP contribution in [0.1, 0.15) is 25.7 Å². The summed E-state index contributed by atoms with van der Waals surface area (Å²) in [5.41, 5.74) is -1.25. The van der Waals surface area contributed by atoms with Crippen molar-refractivity contribution in [3.8, 4) is 0 Å². The van der Waals surface area contributed by atoms with Gasteiger partial charge in [0.2, 0.25) is 15.9 Å². The van der Waals surface area contributed by atoms with Crippen LogP contribution < -0.4 is 15.4 Å². The molecule has 9 heteroatoms. The molecule has 2 saturated carbocycles. The standard InChI is InChI=1S/C14H21N3O5S/c1-2-8-6-14(8,13(20)17-23(21,22)10-3-4-10)16-12(19)11-5-9(18)7-15-11/h2,8-11,15,18H,1,3-7H2,(H,16,19)(H,17,20). The topological polar surface area (TPSA) is 125 Å². The van der Waals surface area contributed by atoms with Crippen molar-refractivity contribution >= 4 is 21.8 Å². The van der Waals surface area contributed by atoms with E-state index in [0.717, 1.165) is 0 Å². The molecule has 0 bridgehead atoms. The van der Waals surface area contributed by atoms with Crippen molar-refractivity contribution in [2.45, 2.75) is 48.6 Å². The number of hydrogen-bond donors (Lipinski definition) is 4. The summed E-state index contributed by atoms with van der Waals surface area (Å²) >= 11 is 0. The number of aliphatic hydroxyl groups excluding tert-OH is 1. The number of hydrogen-bond acceptors (Lipinski definition) is 6. The van der Waals surface area contributed by atoms with Crippen LogP contribution in [0, 0.1) is 5.92 Å². The van der Waals surface area contributed by atoms with Crippen LogP contribution in [0.15, 0.2) is 12.7 Å². The van der Waals surface area contributed by atoms with Crippen LogP contribution >= 0.6 is 0 Å². The van der Waals surface area contributed by atoms with Crippen molar-refractivity contribution in [1.29, 1.82) is 0 Å². The molecule has 2 aliphatic carbocycles. The second-order valence-electron chi connectivity index (χ2n) is 6.53. The van der Waals surface area contributed by atoms with E-state index in [9.17, 15) is 23.1 Å². The zero-order valence-electron chi connectivity index (χ0n) is 12.6. The maximum atomic E-state index is 12.4. The zero-order valence-corrected chi connectivity index (χ0v) is 13.4. The molecule has 3 fully saturated rings. The summed E-state index contributed by atoms with van der Waals surface area (Å²) in [7, 11) is -3.67. The van der Waals surface area contributed by atoms with Crippen LogP contribution in [0.4, 0.5) is 0 Å². The first kappa shape index (κ1) is 16.4. The van der Waals surface area contributed by atoms with Crippen molar-refractivity contribution in [2.75, 3.05) is 6.54 Å². The second-order valence-corrected chi connectivity index (χ2v) is 8.49. The van der Waals surface area contributed by atoms with E-state index in [1.165, 1.54) is 0 Å². The summed E-state index contributed by atoms with van der Waals surface area (Å²) in [6.45, 7) is 3.94. The molecule has 1 heterocycles. The van der Waals surface area contributed by atoms with Crippen molar-refractivity contribution in [1.82, 2.24) is 15.4 Å². The van der Waals surface area contributed by atoms with Gasteiger partial charge in [-0.15, -0.1) is 6.58 Å². The second kappa shape index (κ2) is 5.57. The van der Waals surface area contributed by atoms with Gasteiger partial charge in [-0.05, 0) is 25.7 Å². The fraction of sp³-hybridized carbons (Fsp3) is 0.714. The molecule has 0 aromatic carbocycles. The molecule has 23 heavy (non-hydrogen) atoms. The highest BCUT2D eigenvalue weighted by molar-refractivity contribution is 7.90. The van der Waals surface area contributed by atoms with Crippen LogP contribution in [0.2, 0.25) is 0 Å². The minimum absolute atomic E-state index is 0.267. The number of amides is 2. The van der Waals surface area contributed by atoms with Crippen molar-refractivity contribution < 1.29 is 23.1 Å². The Morgan fingerprint density at radius 2 is 2.04 bits per heavy atom. The quantitative estimate of drug-likeness (QED) is 0.430. The van der Waals surface area contributed by atoms with Crippen LogP contribution in [0.25, 0.3) is 0 Å². The molecule has 0 spiro atoms. The molecule has 0 radical (unpaired) electrons. The van der Waals surface area contributed by atoms with E-state index >= 15 is 0 Å². The first-order chi connectivity index (χ1) is 10.8. The third kappa shape index (κ3) is 3.13. The van der Waals surface area contributed by atoms with Crippen molar-refractivity contribution in [2.24, 2.45) is 5.92 Å². The summed E-state index contributed by atoms with van der Waals surface area (Å²) < 4.78 is 26.0. The summed E-state index contributed by atoms with van der Waals surface area (Å²) in [6.07, 6.45) is 2.64. The normalized spacial score (nSPS) is 36.3. The number of carbonyl (C=O) groups is 2. The van der Waals surface area contributed by atoms with E-state index in [0.29, 0.717) is 25.8 Å².